The van der Waals surface area contributed by atoms with Gasteiger partial charge >= 0.3 is 0 Å². The zero-order chi connectivity index (χ0) is 24.7. The van der Waals surface area contributed by atoms with E-state index in [0.717, 1.165) is 17.1 Å². The van der Waals surface area contributed by atoms with Crippen LogP contribution in [0, 0.1) is 13.8 Å². The van der Waals surface area contributed by atoms with Gasteiger partial charge in [0.1, 0.15) is 0 Å². The smallest absolute Gasteiger partial charge is 0.0464 e. The Balaban J connectivity index is 1.38. The molecule has 4 aromatic carbocycles. The minimum absolute atomic E-state index is 1.15. The number of rotatable bonds is 7. The molecule has 176 valence electrons. The van der Waals surface area contributed by atoms with Gasteiger partial charge in [0.2, 0.25) is 0 Å². The van der Waals surface area contributed by atoms with Gasteiger partial charge in [-0.15, -0.1) is 11.3 Å². The van der Waals surface area contributed by atoms with Crippen LogP contribution in [0.1, 0.15) is 32.7 Å². The normalized spacial score (nSPS) is 11.4. The lowest BCUT2D eigenvalue weighted by Crippen LogP contribution is -2.09. The lowest BCUT2D eigenvalue weighted by Gasteiger charge is -2.26. The summed E-state index contributed by atoms with van der Waals surface area (Å²) in [5.41, 5.74) is 9.65. The predicted molar refractivity (Wildman–Crippen MR) is 159 cm³/mol. The molecule has 0 radical (unpaired) electrons. The van der Waals surface area contributed by atoms with Crippen molar-refractivity contribution in [1.29, 1.82) is 0 Å². The summed E-state index contributed by atoms with van der Waals surface area (Å²) in [7, 11) is 0. The van der Waals surface area contributed by atoms with Gasteiger partial charge in [0, 0.05) is 21.9 Å². The Labute approximate surface area is 218 Å². The molecule has 36 heavy (non-hydrogen) atoms. The molecule has 0 amide bonds. The van der Waals surface area contributed by atoms with Gasteiger partial charge in [0.25, 0.3) is 0 Å². The Bertz CT molecular complexity index is 1440. The molecule has 0 spiro atoms. The van der Waals surface area contributed by atoms with E-state index in [0.29, 0.717) is 0 Å². The molecule has 0 fully saturated rings. The highest BCUT2D eigenvalue weighted by atomic mass is 32.1. The average Bonchev–Trinajstić information content (AvgIpc) is 3.43. The maximum atomic E-state index is 2.30. The number of para-hydroxylation sites is 2. The number of nitrogens with zero attached hydrogens (tertiary/aromatic N) is 1. The summed E-state index contributed by atoms with van der Waals surface area (Å²) in [6.07, 6.45) is 8.79. The Kier molecular flexibility index (Phi) is 7.25. The van der Waals surface area contributed by atoms with Gasteiger partial charge in [-0.25, -0.2) is 0 Å². The van der Waals surface area contributed by atoms with E-state index in [1.807, 2.05) is 0 Å². The molecule has 1 heterocycles. The van der Waals surface area contributed by atoms with Crippen LogP contribution < -0.4 is 4.90 Å². The topological polar surface area (TPSA) is 3.24 Å². The van der Waals surface area contributed by atoms with Gasteiger partial charge < -0.3 is 4.90 Å². The summed E-state index contributed by atoms with van der Waals surface area (Å²) < 4.78 is 0. The fourth-order valence-electron chi connectivity index (χ4n) is 4.32. The molecule has 0 unspecified atom stereocenters. The van der Waals surface area contributed by atoms with Gasteiger partial charge in [-0.3, -0.25) is 0 Å². The summed E-state index contributed by atoms with van der Waals surface area (Å²) in [6.45, 7) is 4.36. The zero-order valence-electron chi connectivity index (χ0n) is 20.6. The van der Waals surface area contributed by atoms with E-state index in [4.69, 9.17) is 0 Å². The van der Waals surface area contributed by atoms with Crippen LogP contribution in [0.4, 0.5) is 17.1 Å². The highest BCUT2D eigenvalue weighted by Gasteiger charge is 2.12. The van der Waals surface area contributed by atoms with E-state index in [1.165, 1.54) is 32.7 Å². The first-order valence-electron chi connectivity index (χ1n) is 12.2. The monoisotopic (exact) mass is 483 g/mol. The first-order chi connectivity index (χ1) is 17.7. The van der Waals surface area contributed by atoms with E-state index < -0.39 is 0 Å². The molecule has 0 aliphatic heterocycles. The molecule has 0 saturated heterocycles. The fraction of sp³-hybridized carbons (Fsp3) is 0.0588. The number of benzene rings is 4. The SMILES string of the molecule is Cc1cc(C=Cc2ccc(N(c3ccccc3)c3ccccc3)cc2C)ccc1C=Cc1cccs1. The van der Waals surface area contributed by atoms with Crippen molar-refractivity contribution in [1.82, 2.24) is 0 Å². The molecule has 0 saturated carbocycles. The Morgan fingerprint density at radius 3 is 1.72 bits per heavy atom. The summed E-state index contributed by atoms with van der Waals surface area (Å²) in [5, 5.41) is 2.11. The molecule has 2 heteroatoms. The van der Waals surface area contributed by atoms with Crippen molar-refractivity contribution < 1.29 is 0 Å². The van der Waals surface area contributed by atoms with Crippen molar-refractivity contribution >= 4 is 52.7 Å². The highest BCUT2D eigenvalue weighted by Crippen LogP contribution is 2.35. The molecule has 0 bridgehead atoms. The van der Waals surface area contributed by atoms with Crippen LogP contribution in [0.25, 0.3) is 24.3 Å². The zero-order valence-corrected chi connectivity index (χ0v) is 21.5. The standard InChI is InChI=1S/C34H29NS/c1-26-24-28(16-18-30(26)20-22-34-14-9-23-36-34)15-17-29-19-21-33(25-27(29)2)35(31-10-5-3-6-11-31)32-12-7-4-8-13-32/h3-25H,1-2H3. The van der Waals surface area contributed by atoms with Crippen LogP contribution in [0.2, 0.25) is 0 Å². The fourth-order valence-corrected chi connectivity index (χ4v) is 4.94. The first-order valence-corrected chi connectivity index (χ1v) is 13.1. The molecule has 0 aliphatic rings. The molecule has 5 rings (SSSR count). The highest BCUT2D eigenvalue weighted by molar-refractivity contribution is 7.10. The Hall–Kier alpha value is -4.14. The summed E-state index contributed by atoms with van der Waals surface area (Å²) in [5.74, 6) is 0. The molecular formula is C34H29NS. The predicted octanol–water partition coefficient (Wildman–Crippen LogP) is 10.2. The van der Waals surface area contributed by atoms with Crippen LogP contribution in [-0.2, 0) is 0 Å². The largest absolute Gasteiger partial charge is 0.310 e. The van der Waals surface area contributed by atoms with E-state index in [9.17, 15) is 0 Å². The molecule has 0 N–H and O–H groups in total. The molecular weight excluding hydrogens is 454 g/mol. The van der Waals surface area contributed by atoms with Crippen molar-refractivity contribution in [2.45, 2.75) is 13.8 Å². The van der Waals surface area contributed by atoms with Crippen LogP contribution >= 0.6 is 11.3 Å². The first kappa shape index (κ1) is 23.6. The lowest BCUT2D eigenvalue weighted by atomic mass is 10.0. The van der Waals surface area contributed by atoms with Gasteiger partial charge in [-0.1, -0.05) is 85.0 Å². The van der Waals surface area contributed by atoms with Crippen molar-refractivity contribution in [3.8, 4) is 0 Å². The summed E-state index contributed by atoms with van der Waals surface area (Å²) in [6, 6.07) is 38.6. The number of anilines is 3. The quantitative estimate of drug-likeness (QED) is 0.208. The van der Waals surface area contributed by atoms with Crippen LogP contribution in [0.3, 0.4) is 0 Å². The minimum Gasteiger partial charge on any atom is -0.310 e. The number of hydrogen-bond acceptors (Lipinski definition) is 2. The maximum Gasteiger partial charge on any atom is 0.0464 e. The van der Waals surface area contributed by atoms with Crippen molar-refractivity contribution in [2.75, 3.05) is 4.90 Å². The van der Waals surface area contributed by atoms with Gasteiger partial charge in [0.05, 0.1) is 0 Å². The van der Waals surface area contributed by atoms with Crippen molar-refractivity contribution in [2.24, 2.45) is 0 Å². The Morgan fingerprint density at radius 2 is 1.14 bits per heavy atom. The molecule has 1 aromatic heterocycles. The molecule has 5 aromatic rings. The van der Waals surface area contributed by atoms with Gasteiger partial charge in [0.15, 0.2) is 0 Å². The Morgan fingerprint density at radius 1 is 0.528 bits per heavy atom. The van der Waals surface area contributed by atoms with Crippen molar-refractivity contribution in [3.63, 3.8) is 0 Å². The second kappa shape index (κ2) is 11.1. The third-order valence-electron chi connectivity index (χ3n) is 6.26. The lowest BCUT2D eigenvalue weighted by molar-refractivity contribution is 1.27. The van der Waals surface area contributed by atoms with Gasteiger partial charge in [-0.2, -0.15) is 0 Å². The van der Waals surface area contributed by atoms with E-state index in [1.54, 1.807) is 11.3 Å². The third kappa shape index (κ3) is 5.56. The number of thiophene rings is 1. The molecule has 1 nitrogen and oxygen atoms in total. The van der Waals surface area contributed by atoms with E-state index >= 15 is 0 Å². The van der Waals surface area contributed by atoms with Crippen LogP contribution in [0.15, 0.2) is 115 Å². The summed E-state index contributed by atoms with van der Waals surface area (Å²) in [4.78, 5) is 3.57. The van der Waals surface area contributed by atoms with E-state index in [-0.39, 0.29) is 0 Å². The number of aryl methyl sites for hydroxylation is 2. The molecule has 0 aliphatic carbocycles. The summed E-state index contributed by atoms with van der Waals surface area (Å²) >= 11 is 1.76. The second-order valence-corrected chi connectivity index (χ2v) is 9.82. The maximum absolute atomic E-state index is 2.30. The average molecular weight is 484 g/mol. The van der Waals surface area contributed by atoms with Gasteiger partial charge in [-0.05, 0) is 95.6 Å². The van der Waals surface area contributed by atoms with Crippen LogP contribution in [0.5, 0.6) is 0 Å². The number of hydrogen-bond donors (Lipinski definition) is 0. The third-order valence-corrected chi connectivity index (χ3v) is 7.10. The van der Waals surface area contributed by atoms with Crippen molar-refractivity contribution in [3.05, 3.63) is 147 Å². The second-order valence-electron chi connectivity index (χ2n) is 8.85. The molecule has 0 atom stereocenters. The van der Waals surface area contributed by atoms with Crippen LogP contribution in [-0.4, -0.2) is 0 Å². The van der Waals surface area contributed by atoms with E-state index in [2.05, 4.69) is 158 Å². The minimum atomic E-state index is 1.15.